The topological polar surface area (TPSA) is 29.1 Å². The van der Waals surface area contributed by atoms with Gasteiger partial charge in [0, 0.05) is 13.5 Å². The Hall–Kier alpha value is -1.31. The quantitative estimate of drug-likeness (QED) is 0.810. The molecule has 16 heavy (non-hydrogen) atoms. The summed E-state index contributed by atoms with van der Waals surface area (Å²) in [6.45, 7) is 4.25. The molecule has 1 N–H and O–H groups in total. The molecule has 0 heterocycles. The van der Waals surface area contributed by atoms with E-state index < -0.39 is 0 Å². The molecule has 0 aliphatic rings. The third kappa shape index (κ3) is 3.69. The van der Waals surface area contributed by atoms with Gasteiger partial charge in [0.1, 0.15) is 0 Å². The Labute approximate surface area is 98.1 Å². The monoisotopic (exact) mass is 219 g/mol. The van der Waals surface area contributed by atoms with E-state index in [1.165, 1.54) is 11.1 Å². The van der Waals surface area contributed by atoms with Crippen molar-refractivity contribution in [1.82, 2.24) is 5.32 Å². The van der Waals surface area contributed by atoms with E-state index in [1.54, 1.807) is 7.05 Å². The van der Waals surface area contributed by atoms with Gasteiger partial charge in [-0.05, 0) is 24.8 Å². The molecule has 0 radical (unpaired) electrons. The maximum absolute atomic E-state index is 11.4. The minimum absolute atomic E-state index is 0.125. The van der Waals surface area contributed by atoms with Crippen LogP contribution in [0, 0.1) is 6.92 Å². The summed E-state index contributed by atoms with van der Waals surface area (Å²) in [4.78, 5) is 11.4. The number of nitrogens with one attached hydrogen (secondary N) is 1. The van der Waals surface area contributed by atoms with Crippen molar-refractivity contribution in [3.05, 3.63) is 35.4 Å². The Morgan fingerprint density at radius 3 is 2.75 bits per heavy atom. The Balaban J connectivity index is 2.80. The standard InChI is InChI=1S/C14H21NO/c1-4-6-12(10-14(16)15-3)13-8-5-7-11(2)9-13/h5,7-9,12H,4,6,10H2,1-3H3,(H,15,16). The van der Waals surface area contributed by atoms with Gasteiger partial charge in [-0.2, -0.15) is 0 Å². The van der Waals surface area contributed by atoms with Crippen LogP contribution in [0.4, 0.5) is 0 Å². The third-order valence-electron chi connectivity index (χ3n) is 2.86. The van der Waals surface area contributed by atoms with Gasteiger partial charge >= 0.3 is 0 Å². The van der Waals surface area contributed by atoms with Crippen LogP contribution < -0.4 is 5.32 Å². The lowest BCUT2D eigenvalue weighted by atomic mass is 9.90. The van der Waals surface area contributed by atoms with Crippen molar-refractivity contribution in [2.24, 2.45) is 0 Å². The molecule has 88 valence electrons. The van der Waals surface area contributed by atoms with Crippen molar-refractivity contribution in [2.45, 2.75) is 39.0 Å². The molecular weight excluding hydrogens is 198 g/mol. The van der Waals surface area contributed by atoms with Crippen LogP contribution in [0.1, 0.15) is 43.2 Å². The Morgan fingerprint density at radius 1 is 1.44 bits per heavy atom. The van der Waals surface area contributed by atoms with Crippen molar-refractivity contribution in [2.75, 3.05) is 7.05 Å². The summed E-state index contributed by atoms with van der Waals surface area (Å²) in [7, 11) is 1.70. The maximum Gasteiger partial charge on any atom is 0.220 e. The smallest absolute Gasteiger partial charge is 0.220 e. The predicted octanol–water partition coefficient (Wildman–Crippen LogP) is 3.01. The van der Waals surface area contributed by atoms with E-state index in [0.717, 1.165) is 12.8 Å². The first kappa shape index (κ1) is 12.8. The van der Waals surface area contributed by atoms with E-state index >= 15 is 0 Å². The number of carbonyl (C=O) groups is 1. The minimum atomic E-state index is 0.125. The molecule has 0 spiro atoms. The number of hydrogen-bond acceptors (Lipinski definition) is 1. The zero-order chi connectivity index (χ0) is 12.0. The Kier molecular flexibility index (Phi) is 5.03. The van der Waals surface area contributed by atoms with Crippen LogP contribution >= 0.6 is 0 Å². The molecule has 1 amide bonds. The largest absolute Gasteiger partial charge is 0.359 e. The maximum atomic E-state index is 11.4. The first-order chi connectivity index (χ1) is 7.67. The van der Waals surface area contributed by atoms with E-state index in [9.17, 15) is 4.79 Å². The van der Waals surface area contributed by atoms with Crippen LogP contribution in [0.2, 0.25) is 0 Å². The fraction of sp³-hybridized carbons (Fsp3) is 0.500. The van der Waals surface area contributed by atoms with E-state index in [0.29, 0.717) is 12.3 Å². The number of rotatable bonds is 5. The first-order valence-electron chi connectivity index (χ1n) is 5.94. The second-order valence-electron chi connectivity index (χ2n) is 4.28. The third-order valence-corrected chi connectivity index (χ3v) is 2.86. The molecule has 0 aromatic heterocycles. The van der Waals surface area contributed by atoms with Crippen LogP contribution in [0.25, 0.3) is 0 Å². The highest BCUT2D eigenvalue weighted by Crippen LogP contribution is 2.25. The van der Waals surface area contributed by atoms with Gasteiger partial charge in [0.15, 0.2) is 0 Å². The number of hydrogen-bond donors (Lipinski definition) is 1. The zero-order valence-corrected chi connectivity index (χ0v) is 10.4. The molecule has 1 aromatic rings. The molecule has 1 aromatic carbocycles. The van der Waals surface area contributed by atoms with Crippen molar-refractivity contribution in [1.29, 1.82) is 0 Å². The highest BCUT2D eigenvalue weighted by Gasteiger charge is 2.14. The zero-order valence-electron chi connectivity index (χ0n) is 10.4. The fourth-order valence-corrected chi connectivity index (χ4v) is 1.98. The van der Waals surface area contributed by atoms with Crippen LogP contribution in [-0.2, 0) is 4.79 Å². The Morgan fingerprint density at radius 2 is 2.19 bits per heavy atom. The fourth-order valence-electron chi connectivity index (χ4n) is 1.98. The van der Waals surface area contributed by atoms with E-state index in [1.807, 2.05) is 0 Å². The second kappa shape index (κ2) is 6.31. The van der Waals surface area contributed by atoms with Gasteiger partial charge in [0.05, 0.1) is 0 Å². The molecule has 0 saturated carbocycles. The molecule has 0 bridgehead atoms. The van der Waals surface area contributed by atoms with Gasteiger partial charge < -0.3 is 5.32 Å². The van der Waals surface area contributed by atoms with Gasteiger partial charge in [-0.15, -0.1) is 0 Å². The highest BCUT2D eigenvalue weighted by atomic mass is 16.1. The summed E-state index contributed by atoms with van der Waals surface area (Å²) in [6.07, 6.45) is 2.76. The van der Waals surface area contributed by atoms with Crippen molar-refractivity contribution >= 4 is 5.91 Å². The molecule has 0 saturated heterocycles. The summed E-state index contributed by atoms with van der Waals surface area (Å²) < 4.78 is 0. The Bertz CT molecular complexity index is 346. The lowest BCUT2D eigenvalue weighted by Gasteiger charge is -2.16. The average Bonchev–Trinajstić information content (AvgIpc) is 2.28. The second-order valence-corrected chi connectivity index (χ2v) is 4.28. The van der Waals surface area contributed by atoms with E-state index in [2.05, 4.69) is 43.4 Å². The van der Waals surface area contributed by atoms with Gasteiger partial charge in [0.25, 0.3) is 0 Å². The summed E-state index contributed by atoms with van der Waals surface area (Å²) in [5.41, 5.74) is 2.54. The average molecular weight is 219 g/mol. The van der Waals surface area contributed by atoms with Gasteiger partial charge in [-0.1, -0.05) is 43.2 Å². The predicted molar refractivity (Wildman–Crippen MR) is 67.5 cm³/mol. The molecule has 0 aliphatic heterocycles. The van der Waals surface area contributed by atoms with Gasteiger partial charge in [-0.3, -0.25) is 4.79 Å². The minimum Gasteiger partial charge on any atom is -0.359 e. The highest BCUT2D eigenvalue weighted by molar-refractivity contribution is 5.76. The molecular formula is C14H21NO. The molecule has 2 nitrogen and oxygen atoms in total. The first-order valence-corrected chi connectivity index (χ1v) is 5.94. The van der Waals surface area contributed by atoms with Crippen molar-refractivity contribution in [3.8, 4) is 0 Å². The van der Waals surface area contributed by atoms with E-state index in [-0.39, 0.29) is 5.91 Å². The normalized spacial score (nSPS) is 12.2. The lowest BCUT2D eigenvalue weighted by Crippen LogP contribution is -2.20. The van der Waals surface area contributed by atoms with Crippen LogP contribution in [0.15, 0.2) is 24.3 Å². The number of aryl methyl sites for hydroxylation is 1. The molecule has 1 unspecified atom stereocenters. The summed E-state index contributed by atoms with van der Waals surface area (Å²) in [5, 5.41) is 2.70. The SMILES string of the molecule is CCCC(CC(=O)NC)c1cccc(C)c1. The van der Waals surface area contributed by atoms with Crippen LogP contribution in [0.5, 0.6) is 0 Å². The van der Waals surface area contributed by atoms with Gasteiger partial charge in [0.2, 0.25) is 5.91 Å². The molecule has 2 heteroatoms. The van der Waals surface area contributed by atoms with Crippen LogP contribution in [-0.4, -0.2) is 13.0 Å². The number of carbonyl (C=O) groups excluding carboxylic acids is 1. The molecule has 1 rings (SSSR count). The van der Waals surface area contributed by atoms with Crippen molar-refractivity contribution < 1.29 is 4.79 Å². The summed E-state index contributed by atoms with van der Waals surface area (Å²) in [5.74, 6) is 0.477. The van der Waals surface area contributed by atoms with Crippen LogP contribution in [0.3, 0.4) is 0 Å². The molecule has 1 atom stereocenters. The number of benzene rings is 1. The summed E-state index contributed by atoms with van der Waals surface area (Å²) in [6, 6.07) is 8.46. The lowest BCUT2D eigenvalue weighted by molar-refractivity contribution is -0.121. The van der Waals surface area contributed by atoms with E-state index in [4.69, 9.17) is 0 Å². The molecule has 0 fully saturated rings. The molecule has 0 aliphatic carbocycles. The van der Waals surface area contributed by atoms with Crippen molar-refractivity contribution in [3.63, 3.8) is 0 Å². The number of amides is 1. The summed E-state index contributed by atoms with van der Waals surface area (Å²) >= 11 is 0. The van der Waals surface area contributed by atoms with Gasteiger partial charge in [-0.25, -0.2) is 0 Å².